The Hall–Kier alpha value is -0.110. The number of aliphatic hydroxyl groups excluding tert-OH is 1. The molecule has 0 saturated heterocycles. The van der Waals surface area contributed by atoms with E-state index < -0.39 is 15.8 Å². The van der Waals surface area contributed by atoms with Crippen LogP contribution in [-0.2, 0) is 9.84 Å². The fraction of sp³-hybridized carbons (Fsp3) is 0.143. The maximum Gasteiger partial charge on any atom is 0.202 e. The van der Waals surface area contributed by atoms with E-state index >= 15 is 0 Å². The van der Waals surface area contributed by atoms with Crippen LogP contribution in [0.2, 0.25) is 0 Å². The first-order valence-corrected chi connectivity index (χ1v) is 6.64. The third kappa shape index (κ3) is 2.28. The summed E-state index contributed by atoms with van der Waals surface area (Å²) in [4.78, 5) is -0.0587. The minimum atomic E-state index is -3.68. The topological polar surface area (TPSA) is 74.6 Å². The minimum Gasteiger partial charge on any atom is -0.506 e. The van der Waals surface area contributed by atoms with E-state index in [1.54, 1.807) is 0 Å². The molecule has 4 nitrogen and oxygen atoms in total. The Morgan fingerprint density at radius 3 is 2.00 bits per heavy atom. The van der Waals surface area contributed by atoms with Gasteiger partial charge in [0.05, 0.1) is 13.8 Å². The highest BCUT2D eigenvalue weighted by molar-refractivity contribution is 9.11. The average molecular weight is 346 g/mol. The lowest BCUT2D eigenvalue weighted by molar-refractivity contribution is 0.358. The molecule has 0 radical (unpaired) electrons. The molecule has 0 atom stereocenters. The van der Waals surface area contributed by atoms with Crippen LogP contribution in [0.5, 0.6) is 5.75 Å². The van der Waals surface area contributed by atoms with Gasteiger partial charge in [-0.15, -0.1) is 0 Å². The molecule has 0 aliphatic heterocycles. The summed E-state index contributed by atoms with van der Waals surface area (Å²) in [6, 6.07) is 2.46. The predicted octanol–water partition coefficient (Wildman–Crippen LogP) is 1.64. The van der Waals surface area contributed by atoms with Crippen LogP contribution in [0.3, 0.4) is 0 Å². The summed E-state index contributed by atoms with van der Waals surface area (Å²) in [7, 11) is -3.68. The number of phenolic OH excluding ortho intramolecular Hbond substituents is 1. The zero-order valence-corrected chi connectivity index (χ0v) is 10.7. The number of benzene rings is 1. The van der Waals surface area contributed by atoms with Gasteiger partial charge in [-0.05, 0) is 44.0 Å². The van der Waals surface area contributed by atoms with Crippen LogP contribution in [0, 0.1) is 0 Å². The number of hydrogen-bond acceptors (Lipinski definition) is 4. The SMILES string of the molecule is O=S(=O)(CO)c1cc(Br)c(O)c(Br)c1. The molecular formula is C7H6Br2O4S. The molecule has 0 bridgehead atoms. The van der Waals surface area contributed by atoms with E-state index in [1.807, 2.05) is 0 Å². The molecule has 78 valence electrons. The number of phenols is 1. The Balaban J connectivity index is 3.41. The van der Waals surface area contributed by atoms with E-state index in [0.717, 1.165) is 0 Å². The Labute approximate surface area is 97.7 Å². The molecule has 0 fully saturated rings. The number of sulfone groups is 1. The molecular weight excluding hydrogens is 340 g/mol. The fourth-order valence-corrected chi connectivity index (χ4v) is 3.03. The molecule has 7 heteroatoms. The molecule has 0 unspecified atom stereocenters. The highest BCUT2D eigenvalue weighted by Gasteiger charge is 2.16. The van der Waals surface area contributed by atoms with E-state index in [4.69, 9.17) is 5.11 Å². The maximum absolute atomic E-state index is 11.2. The van der Waals surface area contributed by atoms with Crippen LogP contribution in [0.25, 0.3) is 0 Å². The minimum absolute atomic E-state index is 0.0587. The van der Waals surface area contributed by atoms with Crippen LogP contribution in [0.4, 0.5) is 0 Å². The first-order valence-electron chi connectivity index (χ1n) is 3.40. The molecule has 0 aliphatic carbocycles. The van der Waals surface area contributed by atoms with Crippen molar-refractivity contribution in [2.75, 3.05) is 5.94 Å². The van der Waals surface area contributed by atoms with Crippen LogP contribution < -0.4 is 0 Å². The number of hydrogen-bond donors (Lipinski definition) is 2. The second-order valence-corrected chi connectivity index (χ2v) is 6.15. The molecule has 14 heavy (non-hydrogen) atoms. The second kappa shape index (κ2) is 4.18. The van der Waals surface area contributed by atoms with Gasteiger partial charge in [-0.2, -0.15) is 0 Å². The summed E-state index contributed by atoms with van der Waals surface area (Å²) in [6.07, 6.45) is 0. The molecule has 0 spiro atoms. The van der Waals surface area contributed by atoms with Crippen molar-refractivity contribution in [2.24, 2.45) is 0 Å². The van der Waals surface area contributed by atoms with E-state index in [2.05, 4.69) is 31.9 Å². The summed E-state index contributed by atoms with van der Waals surface area (Å²) in [6.45, 7) is 0. The quantitative estimate of drug-likeness (QED) is 0.854. The summed E-state index contributed by atoms with van der Waals surface area (Å²) in [5.74, 6) is -1.04. The molecule has 1 rings (SSSR count). The van der Waals surface area contributed by atoms with Gasteiger partial charge in [0.2, 0.25) is 9.84 Å². The van der Waals surface area contributed by atoms with Crippen molar-refractivity contribution in [2.45, 2.75) is 4.90 Å². The second-order valence-electron chi connectivity index (χ2n) is 2.48. The first kappa shape index (κ1) is 12.0. The van der Waals surface area contributed by atoms with Gasteiger partial charge in [-0.25, -0.2) is 8.42 Å². The van der Waals surface area contributed by atoms with E-state index in [0.29, 0.717) is 0 Å². The van der Waals surface area contributed by atoms with Crippen molar-refractivity contribution < 1.29 is 18.6 Å². The van der Waals surface area contributed by atoms with Gasteiger partial charge in [0.25, 0.3) is 0 Å². The number of halogens is 2. The fourth-order valence-electron chi connectivity index (χ4n) is 0.796. The Kier molecular flexibility index (Phi) is 3.57. The lowest BCUT2D eigenvalue weighted by Gasteiger charge is -2.05. The first-order chi connectivity index (χ1) is 6.38. The van der Waals surface area contributed by atoms with Crippen LogP contribution >= 0.6 is 31.9 Å². The molecule has 0 amide bonds. The summed E-state index contributed by atoms with van der Waals surface area (Å²) in [5.41, 5.74) is 0. The Bertz CT molecular complexity index is 432. The van der Waals surface area contributed by atoms with Crippen molar-refractivity contribution in [3.63, 3.8) is 0 Å². The van der Waals surface area contributed by atoms with E-state index in [-0.39, 0.29) is 19.6 Å². The zero-order valence-electron chi connectivity index (χ0n) is 6.74. The van der Waals surface area contributed by atoms with Crippen molar-refractivity contribution in [1.82, 2.24) is 0 Å². The van der Waals surface area contributed by atoms with Gasteiger partial charge in [-0.1, -0.05) is 0 Å². The number of rotatable bonds is 2. The summed E-state index contributed by atoms with van der Waals surface area (Å²) >= 11 is 5.98. The van der Waals surface area contributed by atoms with Gasteiger partial charge in [0.1, 0.15) is 11.7 Å². The lowest BCUT2D eigenvalue weighted by atomic mass is 10.3. The third-order valence-electron chi connectivity index (χ3n) is 1.52. The van der Waals surface area contributed by atoms with Crippen molar-refractivity contribution in [3.05, 3.63) is 21.1 Å². The lowest BCUT2D eigenvalue weighted by Crippen LogP contribution is -2.05. The highest BCUT2D eigenvalue weighted by Crippen LogP contribution is 2.34. The molecule has 1 aromatic rings. The average Bonchev–Trinajstić information content (AvgIpc) is 2.13. The zero-order chi connectivity index (χ0) is 10.9. The number of aliphatic hydroxyl groups is 1. The highest BCUT2D eigenvalue weighted by atomic mass is 79.9. The normalized spacial score (nSPS) is 11.6. The summed E-state index contributed by atoms with van der Waals surface area (Å²) < 4.78 is 23.0. The van der Waals surface area contributed by atoms with Crippen molar-refractivity contribution in [1.29, 1.82) is 0 Å². The van der Waals surface area contributed by atoms with Crippen molar-refractivity contribution in [3.8, 4) is 5.75 Å². The van der Waals surface area contributed by atoms with Gasteiger partial charge >= 0.3 is 0 Å². The predicted molar refractivity (Wildman–Crippen MR) is 57.8 cm³/mol. The van der Waals surface area contributed by atoms with Crippen LogP contribution in [-0.4, -0.2) is 24.6 Å². The van der Waals surface area contributed by atoms with Gasteiger partial charge in [0.15, 0.2) is 0 Å². The Morgan fingerprint density at radius 2 is 1.64 bits per heavy atom. The summed E-state index contributed by atoms with van der Waals surface area (Å²) in [5, 5.41) is 17.9. The smallest absolute Gasteiger partial charge is 0.202 e. The van der Waals surface area contributed by atoms with Gasteiger partial charge < -0.3 is 10.2 Å². The largest absolute Gasteiger partial charge is 0.506 e. The molecule has 0 heterocycles. The van der Waals surface area contributed by atoms with Gasteiger partial charge in [-0.3, -0.25) is 0 Å². The van der Waals surface area contributed by atoms with E-state index in [1.165, 1.54) is 12.1 Å². The van der Waals surface area contributed by atoms with Crippen LogP contribution in [0.15, 0.2) is 26.0 Å². The van der Waals surface area contributed by atoms with E-state index in [9.17, 15) is 13.5 Å². The monoisotopic (exact) mass is 344 g/mol. The molecule has 1 aromatic carbocycles. The van der Waals surface area contributed by atoms with Gasteiger partial charge in [0, 0.05) is 0 Å². The number of aromatic hydroxyl groups is 1. The standard InChI is InChI=1S/C7H6Br2O4S/c8-5-1-4(14(12,13)3-10)2-6(9)7(5)11/h1-2,10-11H,3H2. The Morgan fingerprint density at radius 1 is 1.21 bits per heavy atom. The molecule has 0 aromatic heterocycles. The molecule has 0 aliphatic rings. The van der Waals surface area contributed by atoms with Crippen LogP contribution in [0.1, 0.15) is 0 Å². The molecule has 0 saturated carbocycles. The third-order valence-corrected chi connectivity index (χ3v) is 4.02. The maximum atomic E-state index is 11.2. The van der Waals surface area contributed by atoms with Crippen molar-refractivity contribution >= 4 is 41.7 Å². The molecule has 2 N–H and O–H groups in total.